The van der Waals surface area contributed by atoms with Crippen molar-refractivity contribution < 1.29 is 0 Å². The molecule has 0 radical (unpaired) electrons. The number of fused-ring (bicyclic) bond motifs is 1. The van der Waals surface area contributed by atoms with Gasteiger partial charge in [-0.25, -0.2) is 0 Å². The summed E-state index contributed by atoms with van der Waals surface area (Å²) in [5.74, 6) is 0. The minimum absolute atomic E-state index is 0.147. The fourth-order valence-corrected chi connectivity index (χ4v) is 5.85. The first-order valence-corrected chi connectivity index (χ1v) is 11.2. The minimum Gasteiger partial charge on any atom is -0.365 e. The monoisotopic (exact) mass is 375 g/mol. The van der Waals surface area contributed by atoms with Gasteiger partial charge in [-0.3, -0.25) is 4.72 Å². The molecule has 0 spiro atoms. The van der Waals surface area contributed by atoms with Gasteiger partial charge < -0.3 is 10.2 Å². The lowest BCUT2D eigenvalue weighted by Gasteiger charge is -2.43. The van der Waals surface area contributed by atoms with E-state index in [2.05, 4.69) is 39.2 Å². The van der Waals surface area contributed by atoms with Crippen LogP contribution in [0.3, 0.4) is 0 Å². The van der Waals surface area contributed by atoms with Crippen molar-refractivity contribution >= 4 is 40.5 Å². The zero-order valence-electron chi connectivity index (χ0n) is 14.9. The third-order valence-electron chi connectivity index (χ3n) is 5.81. The number of para-hydroxylation sites is 2. The fraction of sp³-hybridized carbons (Fsp3) is 0.650. The third kappa shape index (κ3) is 3.99. The molecule has 5 heteroatoms. The summed E-state index contributed by atoms with van der Waals surface area (Å²) in [4.78, 5) is 3.53. The first-order valence-electron chi connectivity index (χ1n) is 9.93. The molecule has 136 valence electrons. The molecule has 0 bridgehead atoms. The lowest BCUT2D eigenvalue weighted by atomic mass is 9.93. The Hall–Kier alpha value is -0.780. The molecular formula is C20H29N3S2. The second kappa shape index (κ2) is 8.28. The fourth-order valence-electron chi connectivity index (χ4n) is 4.43. The highest BCUT2D eigenvalue weighted by Gasteiger charge is 2.34. The van der Waals surface area contributed by atoms with E-state index in [1.807, 2.05) is 0 Å². The summed E-state index contributed by atoms with van der Waals surface area (Å²) >= 11 is 7.77. The van der Waals surface area contributed by atoms with Crippen LogP contribution in [0.25, 0.3) is 0 Å². The number of nitrogens with one attached hydrogen (secondary N) is 2. The van der Waals surface area contributed by atoms with E-state index in [-0.39, 0.29) is 5.37 Å². The first-order chi connectivity index (χ1) is 12.3. The quantitative estimate of drug-likeness (QED) is 0.537. The summed E-state index contributed by atoms with van der Waals surface area (Å²) < 4.78 is 3.72. The van der Waals surface area contributed by atoms with Crippen LogP contribution in [0.1, 0.15) is 64.2 Å². The maximum absolute atomic E-state index is 5.98. The number of hydrogen-bond acceptors (Lipinski definition) is 4. The number of benzene rings is 1. The van der Waals surface area contributed by atoms with Crippen molar-refractivity contribution in [2.24, 2.45) is 0 Å². The first kappa shape index (κ1) is 17.6. The molecule has 0 amide bonds. The normalized spacial score (nSPS) is 25.5. The van der Waals surface area contributed by atoms with Gasteiger partial charge in [-0.15, -0.1) is 0 Å². The molecule has 0 saturated heterocycles. The second-order valence-corrected chi connectivity index (χ2v) is 8.97. The SMILES string of the molecule is S=C1C(SNC2CCCCC2)Nc2ccccc2N1C1CCCCC1. The summed E-state index contributed by atoms with van der Waals surface area (Å²) in [6.45, 7) is 0. The summed E-state index contributed by atoms with van der Waals surface area (Å²) in [6, 6.07) is 9.88. The minimum atomic E-state index is 0.147. The predicted octanol–water partition coefficient (Wildman–Crippen LogP) is 5.48. The molecule has 3 nitrogen and oxygen atoms in total. The zero-order chi connectivity index (χ0) is 17.1. The molecule has 1 atom stereocenters. The van der Waals surface area contributed by atoms with E-state index in [9.17, 15) is 0 Å². The topological polar surface area (TPSA) is 27.3 Å². The smallest absolute Gasteiger partial charge is 0.138 e. The number of hydrogen-bond donors (Lipinski definition) is 2. The standard InChI is InChI=1S/C20H29N3S2/c24-20-19(25-22-15-9-3-1-4-10-15)21-17-13-7-8-14-18(17)23(20)16-11-5-2-6-12-16/h7-8,13-16,19,21-22H,1-6,9-12H2. The van der Waals surface area contributed by atoms with E-state index in [0.717, 1.165) is 4.99 Å². The Kier molecular flexibility index (Phi) is 5.83. The van der Waals surface area contributed by atoms with E-state index < -0.39 is 0 Å². The van der Waals surface area contributed by atoms with E-state index in [4.69, 9.17) is 12.2 Å². The van der Waals surface area contributed by atoms with Gasteiger partial charge in [-0.1, -0.05) is 62.9 Å². The number of anilines is 2. The maximum Gasteiger partial charge on any atom is 0.138 e. The average molecular weight is 376 g/mol. The number of thiocarbonyl (C=S) groups is 1. The van der Waals surface area contributed by atoms with Gasteiger partial charge in [0.05, 0.1) is 11.4 Å². The molecule has 25 heavy (non-hydrogen) atoms. The van der Waals surface area contributed by atoms with Gasteiger partial charge in [0, 0.05) is 12.1 Å². The lowest BCUT2D eigenvalue weighted by molar-refractivity contribution is 0.423. The highest BCUT2D eigenvalue weighted by molar-refractivity contribution is 8.00. The van der Waals surface area contributed by atoms with Gasteiger partial charge in [0.2, 0.25) is 0 Å². The van der Waals surface area contributed by atoms with Gasteiger partial charge in [0.25, 0.3) is 0 Å². The van der Waals surface area contributed by atoms with Crippen molar-refractivity contribution in [2.45, 2.75) is 81.7 Å². The Morgan fingerprint density at radius 1 is 0.960 bits per heavy atom. The van der Waals surface area contributed by atoms with Crippen molar-refractivity contribution in [3.05, 3.63) is 24.3 Å². The van der Waals surface area contributed by atoms with Gasteiger partial charge in [0.1, 0.15) is 10.4 Å². The molecule has 1 aliphatic heterocycles. The van der Waals surface area contributed by atoms with E-state index in [0.29, 0.717) is 12.1 Å². The molecule has 1 unspecified atom stereocenters. The van der Waals surface area contributed by atoms with Crippen molar-refractivity contribution in [1.82, 2.24) is 4.72 Å². The Morgan fingerprint density at radius 2 is 1.64 bits per heavy atom. The summed E-state index contributed by atoms with van der Waals surface area (Å²) in [5.41, 5.74) is 2.50. The van der Waals surface area contributed by atoms with Crippen LogP contribution in [0.5, 0.6) is 0 Å². The van der Waals surface area contributed by atoms with Crippen LogP contribution >= 0.6 is 24.2 Å². The average Bonchev–Trinajstić information content (AvgIpc) is 2.68. The van der Waals surface area contributed by atoms with Gasteiger partial charge in [-0.2, -0.15) is 0 Å². The highest BCUT2D eigenvalue weighted by atomic mass is 32.2. The molecule has 1 heterocycles. The molecule has 2 N–H and O–H groups in total. The van der Waals surface area contributed by atoms with Crippen LogP contribution in [0.15, 0.2) is 24.3 Å². The van der Waals surface area contributed by atoms with Crippen molar-refractivity contribution in [2.75, 3.05) is 10.2 Å². The van der Waals surface area contributed by atoms with Crippen LogP contribution < -0.4 is 14.9 Å². The Morgan fingerprint density at radius 3 is 2.40 bits per heavy atom. The molecule has 4 rings (SSSR count). The van der Waals surface area contributed by atoms with E-state index in [1.165, 1.54) is 75.6 Å². The lowest BCUT2D eigenvalue weighted by Crippen LogP contribution is -2.51. The van der Waals surface area contributed by atoms with Crippen LogP contribution in [0.4, 0.5) is 11.4 Å². The van der Waals surface area contributed by atoms with Crippen LogP contribution in [-0.4, -0.2) is 22.4 Å². The molecule has 1 aromatic carbocycles. The van der Waals surface area contributed by atoms with Crippen LogP contribution in [0, 0.1) is 0 Å². The van der Waals surface area contributed by atoms with Crippen LogP contribution in [0.2, 0.25) is 0 Å². The summed E-state index contributed by atoms with van der Waals surface area (Å²) in [7, 11) is 0. The maximum atomic E-state index is 5.98. The molecule has 2 fully saturated rings. The number of rotatable bonds is 4. The third-order valence-corrected chi connectivity index (χ3v) is 7.44. The molecule has 2 aliphatic carbocycles. The van der Waals surface area contributed by atoms with E-state index >= 15 is 0 Å². The molecule has 3 aliphatic rings. The Balaban J connectivity index is 1.50. The summed E-state index contributed by atoms with van der Waals surface area (Å²) in [5, 5.41) is 3.82. The number of nitrogens with zero attached hydrogens (tertiary/aromatic N) is 1. The molecular weight excluding hydrogens is 346 g/mol. The highest BCUT2D eigenvalue weighted by Crippen LogP contribution is 2.39. The molecule has 1 aromatic rings. The summed E-state index contributed by atoms with van der Waals surface area (Å²) in [6.07, 6.45) is 13.3. The second-order valence-electron chi connectivity index (χ2n) is 7.61. The predicted molar refractivity (Wildman–Crippen MR) is 113 cm³/mol. The van der Waals surface area contributed by atoms with Gasteiger partial charge in [-0.05, 0) is 49.8 Å². The van der Waals surface area contributed by atoms with Crippen LogP contribution in [-0.2, 0) is 0 Å². The molecule has 2 saturated carbocycles. The van der Waals surface area contributed by atoms with Crippen molar-refractivity contribution in [3.63, 3.8) is 0 Å². The Bertz CT molecular complexity index is 594. The zero-order valence-corrected chi connectivity index (χ0v) is 16.5. The Labute approximate surface area is 161 Å². The molecule has 0 aromatic heterocycles. The largest absolute Gasteiger partial charge is 0.365 e. The van der Waals surface area contributed by atoms with Crippen molar-refractivity contribution in [1.29, 1.82) is 0 Å². The van der Waals surface area contributed by atoms with Gasteiger partial charge >= 0.3 is 0 Å². The van der Waals surface area contributed by atoms with Crippen molar-refractivity contribution in [3.8, 4) is 0 Å². The van der Waals surface area contributed by atoms with E-state index in [1.54, 1.807) is 11.9 Å². The van der Waals surface area contributed by atoms with Gasteiger partial charge in [0.15, 0.2) is 0 Å².